The second kappa shape index (κ2) is 7.53. The van der Waals surface area contributed by atoms with Crippen molar-refractivity contribution in [1.82, 2.24) is 15.5 Å². The van der Waals surface area contributed by atoms with Gasteiger partial charge in [0.1, 0.15) is 0 Å². The highest BCUT2D eigenvalue weighted by Crippen LogP contribution is 2.32. The third-order valence-electron chi connectivity index (χ3n) is 4.97. The molecule has 2 fully saturated rings. The molecule has 2 aliphatic rings. The van der Waals surface area contributed by atoms with E-state index in [2.05, 4.69) is 15.5 Å². The second-order valence-corrected chi connectivity index (χ2v) is 6.48. The fourth-order valence-electron chi connectivity index (χ4n) is 3.62. The first-order chi connectivity index (χ1) is 10.8. The molecule has 1 aromatic heterocycles. The van der Waals surface area contributed by atoms with Crippen molar-refractivity contribution in [3.63, 3.8) is 0 Å². The van der Waals surface area contributed by atoms with Gasteiger partial charge in [-0.3, -0.25) is 0 Å². The molecule has 0 aromatic carbocycles. The van der Waals surface area contributed by atoms with Crippen molar-refractivity contribution in [2.75, 3.05) is 20.3 Å². The highest BCUT2D eigenvalue weighted by molar-refractivity contribution is 4.97. The van der Waals surface area contributed by atoms with E-state index in [0.29, 0.717) is 23.9 Å². The molecule has 0 spiro atoms. The van der Waals surface area contributed by atoms with Gasteiger partial charge in [-0.25, -0.2) is 0 Å². The predicted octanol–water partition coefficient (Wildman–Crippen LogP) is 2.39. The molecular formula is C16H27N3O3. The van der Waals surface area contributed by atoms with Gasteiger partial charge in [-0.15, -0.1) is 0 Å². The molecule has 0 amide bonds. The van der Waals surface area contributed by atoms with Crippen molar-refractivity contribution in [2.45, 2.75) is 63.6 Å². The topological polar surface area (TPSA) is 69.4 Å². The van der Waals surface area contributed by atoms with Crippen LogP contribution in [0.3, 0.4) is 0 Å². The van der Waals surface area contributed by atoms with Gasteiger partial charge in [-0.05, 0) is 51.4 Å². The molecule has 1 unspecified atom stereocenters. The van der Waals surface area contributed by atoms with Crippen molar-refractivity contribution in [1.29, 1.82) is 0 Å². The average Bonchev–Trinajstić information content (AvgIpc) is 3.00. The molecule has 0 radical (unpaired) electrons. The van der Waals surface area contributed by atoms with Crippen LogP contribution in [0, 0.1) is 12.8 Å². The van der Waals surface area contributed by atoms with Crippen molar-refractivity contribution in [2.24, 2.45) is 5.92 Å². The lowest BCUT2D eigenvalue weighted by Crippen LogP contribution is -2.41. The third kappa shape index (κ3) is 3.86. The summed E-state index contributed by atoms with van der Waals surface area (Å²) in [5.41, 5.74) is 0. The van der Waals surface area contributed by atoms with E-state index >= 15 is 0 Å². The molecule has 1 atom stereocenters. The molecule has 1 aliphatic heterocycles. The van der Waals surface area contributed by atoms with Crippen molar-refractivity contribution in [3.05, 3.63) is 11.7 Å². The molecule has 1 saturated heterocycles. The maximum Gasteiger partial charge on any atom is 0.244 e. The molecule has 0 bridgehead atoms. The third-order valence-corrected chi connectivity index (χ3v) is 4.97. The van der Waals surface area contributed by atoms with E-state index in [0.717, 1.165) is 57.6 Å². The number of nitrogens with one attached hydrogen (secondary N) is 1. The van der Waals surface area contributed by atoms with Crippen molar-refractivity contribution >= 4 is 0 Å². The highest BCUT2D eigenvalue weighted by Gasteiger charge is 2.32. The zero-order valence-electron chi connectivity index (χ0n) is 13.6. The lowest BCUT2D eigenvalue weighted by atomic mass is 9.88. The normalized spacial score (nSPS) is 28.6. The van der Waals surface area contributed by atoms with Gasteiger partial charge in [0.25, 0.3) is 0 Å². The molecule has 6 nitrogen and oxygen atoms in total. The van der Waals surface area contributed by atoms with Crippen LogP contribution in [0.15, 0.2) is 4.52 Å². The summed E-state index contributed by atoms with van der Waals surface area (Å²) in [4.78, 5) is 4.48. The molecule has 1 saturated carbocycles. The minimum absolute atomic E-state index is 0.147. The van der Waals surface area contributed by atoms with Gasteiger partial charge in [0.15, 0.2) is 5.82 Å². The van der Waals surface area contributed by atoms with Crippen LogP contribution >= 0.6 is 0 Å². The van der Waals surface area contributed by atoms with E-state index in [1.54, 1.807) is 0 Å². The molecular weight excluding hydrogens is 282 g/mol. The summed E-state index contributed by atoms with van der Waals surface area (Å²) in [5.74, 6) is 1.95. The van der Waals surface area contributed by atoms with Crippen LogP contribution < -0.4 is 5.32 Å². The van der Waals surface area contributed by atoms with Crippen LogP contribution in [0.25, 0.3) is 0 Å². The number of methoxy groups -OCH3 is 1. The monoisotopic (exact) mass is 309 g/mol. The van der Waals surface area contributed by atoms with Crippen LogP contribution in [0.5, 0.6) is 0 Å². The standard InChI is InChI=1S/C16H27N3O3/c1-11-17-16(22-19-11)15(12-7-9-21-10-8-12)18-13-3-5-14(20-2)6-4-13/h12-15,18H,3-10H2,1-2H3. The fraction of sp³-hybridized carbons (Fsp3) is 0.875. The fourth-order valence-corrected chi connectivity index (χ4v) is 3.62. The second-order valence-electron chi connectivity index (χ2n) is 6.48. The molecule has 1 N–H and O–H groups in total. The molecule has 6 heteroatoms. The van der Waals surface area contributed by atoms with Crippen LogP contribution in [-0.4, -0.2) is 42.6 Å². The minimum atomic E-state index is 0.147. The van der Waals surface area contributed by atoms with Gasteiger partial charge >= 0.3 is 0 Å². The number of ether oxygens (including phenoxy) is 2. The molecule has 1 aliphatic carbocycles. The largest absolute Gasteiger partial charge is 0.381 e. The smallest absolute Gasteiger partial charge is 0.244 e. The minimum Gasteiger partial charge on any atom is -0.381 e. The lowest BCUT2D eigenvalue weighted by Gasteiger charge is -2.34. The first-order valence-corrected chi connectivity index (χ1v) is 8.43. The molecule has 124 valence electrons. The SMILES string of the molecule is COC1CCC(NC(c2nc(C)no2)C2CCOCC2)CC1. The number of aryl methyl sites for hydroxylation is 1. The summed E-state index contributed by atoms with van der Waals surface area (Å²) in [7, 11) is 1.81. The maximum atomic E-state index is 5.50. The van der Waals surface area contributed by atoms with E-state index in [9.17, 15) is 0 Å². The van der Waals surface area contributed by atoms with Gasteiger partial charge in [0.2, 0.25) is 5.89 Å². The molecule has 22 heavy (non-hydrogen) atoms. The van der Waals surface area contributed by atoms with Gasteiger partial charge in [0, 0.05) is 26.4 Å². The quantitative estimate of drug-likeness (QED) is 0.900. The van der Waals surface area contributed by atoms with E-state index in [-0.39, 0.29) is 6.04 Å². The Bertz CT molecular complexity index is 451. The summed E-state index contributed by atoms with van der Waals surface area (Å²) in [6.45, 7) is 3.52. The highest BCUT2D eigenvalue weighted by atomic mass is 16.5. The Morgan fingerprint density at radius 2 is 1.86 bits per heavy atom. The Hall–Kier alpha value is -0.980. The van der Waals surface area contributed by atoms with Gasteiger partial charge in [-0.1, -0.05) is 5.16 Å². The molecule has 2 heterocycles. The maximum absolute atomic E-state index is 5.50. The number of hydrogen-bond donors (Lipinski definition) is 1. The Morgan fingerprint density at radius 1 is 1.14 bits per heavy atom. The Balaban J connectivity index is 1.66. The van der Waals surface area contributed by atoms with E-state index in [4.69, 9.17) is 14.0 Å². The van der Waals surface area contributed by atoms with E-state index in [1.165, 1.54) is 0 Å². The van der Waals surface area contributed by atoms with Crippen LogP contribution in [0.2, 0.25) is 0 Å². The van der Waals surface area contributed by atoms with Gasteiger partial charge in [-0.2, -0.15) is 4.98 Å². The summed E-state index contributed by atoms with van der Waals surface area (Å²) in [6.07, 6.45) is 7.05. The average molecular weight is 309 g/mol. The summed E-state index contributed by atoms with van der Waals surface area (Å²) in [5, 5.41) is 7.77. The number of rotatable bonds is 5. The van der Waals surface area contributed by atoms with Crippen LogP contribution in [-0.2, 0) is 9.47 Å². The first-order valence-electron chi connectivity index (χ1n) is 8.43. The van der Waals surface area contributed by atoms with Crippen LogP contribution in [0.1, 0.15) is 56.3 Å². The number of aromatic nitrogens is 2. The van der Waals surface area contributed by atoms with Crippen LogP contribution in [0.4, 0.5) is 0 Å². The summed E-state index contributed by atoms with van der Waals surface area (Å²) in [6, 6.07) is 0.653. The van der Waals surface area contributed by atoms with Gasteiger partial charge in [0.05, 0.1) is 12.1 Å². The number of hydrogen-bond acceptors (Lipinski definition) is 6. The van der Waals surface area contributed by atoms with Gasteiger partial charge < -0.3 is 19.3 Å². The van der Waals surface area contributed by atoms with E-state index < -0.39 is 0 Å². The zero-order valence-corrected chi connectivity index (χ0v) is 13.6. The summed E-state index contributed by atoms with van der Waals surface area (Å²) >= 11 is 0. The molecule has 1 aromatic rings. The predicted molar refractivity (Wildman–Crippen MR) is 81.5 cm³/mol. The first kappa shape index (κ1) is 15.9. The zero-order chi connectivity index (χ0) is 15.4. The lowest BCUT2D eigenvalue weighted by molar-refractivity contribution is 0.0376. The Labute approximate surface area is 131 Å². The van der Waals surface area contributed by atoms with Crippen molar-refractivity contribution in [3.8, 4) is 0 Å². The van der Waals surface area contributed by atoms with Crippen molar-refractivity contribution < 1.29 is 14.0 Å². The van der Waals surface area contributed by atoms with E-state index in [1.807, 2.05) is 14.0 Å². The Morgan fingerprint density at radius 3 is 2.45 bits per heavy atom. The molecule has 3 rings (SSSR count). The Kier molecular flexibility index (Phi) is 5.44. The summed E-state index contributed by atoms with van der Waals surface area (Å²) < 4.78 is 16.4. The number of nitrogens with zero attached hydrogens (tertiary/aromatic N) is 2.